The van der Waals surface area contributed by atoms with Gasteiger partial charge in [0.1, 0.15) is 0 Å². The molecule has 0 amide bonds. The number of morpholine rings is 1. The van der Waals surface area contributed by atoms with Crippen LogP contribution in [-0.4, -0.2) is 69.0 Å². The molecule has 9 heteroatoms. The van der Waals surface area contributed by atoms with Crippen molar-refractivity contribution in [2.24, 2.45) is 4.99 Å². The van der Waals surface area contributed by atoms with E-state index < -0.39 is 12.6 Å². The predicted octanol–water partition coefficient (Wildman–Crippen LogP) is 2.76. The highest BCUT2D eigenvalue weighted by molar-refractivity contribution is 14.0. The second-order valence-corrected chi connectivity index (χ2v) is 6.60. The molecule has 148 valence electrons. The van der Waals surface area contributed by atoms with E-state index in [0.29, 0.717) is 12.5 Å². The van der Waals surface area contributed by atoms with E-state index in [1.54, 1.807) is 7.05 Å². The van der Waals surface area contributed by atoms with Crippen LogP contribution < -0.4 is 10.6 Å². The fourth-order valence-electron chi connectivity index (χ4n) is 3.64. The smallest absolute Gasteiger partial charge is 0.379 e. The molecule has 25 heavy (non-hydrogen) atoms. The summed E-state index contributed by atoms with van der Waals surface area (Å²) in [6.07, 6.45) is 0.856. The molecule has 1 aliphatic carbocycles. The Labute approximate surface area is 165 Å². The van der Waals surface area contributed by atoms with Crippen LogP contribution in [0.1, 0.15) is 38.5 Å². The second kappa shape index (κ2) is 10.8. The van der Waals surface area contributed by atoms with Gasteiger partial charge in [0.05, 0.1) is 19.6 Å². The van der Waals surface area contributed by atoms with Gasteiger partial charge in [-0.3, -0.25) is 9.89 Å². The van der Waals surface area contributed by atoms with Crippen molar-refractivity contribution in [1.82, 2.24) is 15.5 Å². The van der Waals surface area contributed by atoms with Crippen molar-refractivity contribution in [2.75, 3.05) is 46.4 Å². The van der Waals surface area contributed by atoms with Crippen LogP contribution >= 0.6 is 24.0 Å². The Morgan fingerprint density at radius 3 is 2.32 bits per heavy atom. The zero-order valence-electron chi connectivity index (χ0n) is 14.8. The predicted molar refractivity (Wildman–Crippen MR) is 104 cm³/mol. The van der Waals surface area contributed by atoms with E-state index >= 15 is 0 Å². The summed E-state index contributed by atoms with van der Waals surface area (Å²) >= 11 is 0. The minimum absolute atomic E-state index is 0. The molecule has 0 atom stereocenters. The number of aliphatic imine (C=N–C) groups is 1. The Morgan fingerprint density at radius 1 is 1.12 bits per heavy atom. The normalized spacial score (nSPS) is 22.2. The van der Waals surface area contributed by atoms with Crippen molar-refractivity contribution in [2.45, 2.75) is 50.2 Å². The Bertz CT molecular complexity index is 409. The van der Waals surface area contributed by atoms with Crippen LogP contribution in [0.5, 0.6) is 0 Å². The van der Waals surface area contributed by atoms with Crippen LogP contribution in [0.3, 0.4) is 0 Å². The van der Waals surface area contributed by atoms with Gasteiger partial charge in [-0.15, -0.1) is 24.0 Å². The van der Waals surface area contributed by atoms with E-state index in [4.69, 9.17) is 4.74 Å². The molecule has 0 aromatic rings. The number of nitrogens with zero attached hydrogens (tertiary/aromatic N) is 2. The minimum Gasteiger partial charge on any atom is -0.379 e. The highest BCUT2D eigenvalue weighted by atomic mass is 127. The Kier molecular flexibility index (Phi) is 9.79. The first-order valence-electron chi connectivity index (χ1n) is 8.79. The van der Waals surface area contributed by atoms with Gasteiger partial charge in [-0.25, -0.2) is 0 Å². The number of rotatable bonds is 5. The number of hydrogen-bond donors (Lipinski definition) is 2. The van der Waals surface area contributed by atoms with Crippen LogP contribution in [-0.2, 0) is 4.74 Å². The minimum atomic E-state index is -4.15. The fourth-order valence-corrected chi connectivity index (χ4v) is 3.64. The summed E-state index contributed by atoms with van der Waals surface area (Å²) in [5.74, 6) is 0.442. The number of hydrogen-bond acceptors (Lipinski definition) is 3. The van der Waals surface area contributed by atoms with Crippen LogP contribution in [0, 0.1) is 0 Å². The van der Waals surface area contributed by atoms with Crippen molar-refractivity contribution < 1.29 is 17.9 Å². The van der Waals surface area contributed by atoms with Crippen LogP contribution in [0.4, 0.5) is 13.2 Å². The van der Waals surface area contributed by atoms with Crippen molar-refractivity contribution in [3.05, 3.63) is 0 Å². The van der Waals surface area contributed by atoms with Gasteiger partial charge in [-0.1, -0.05) is 19.3 Å². The maximum Gasteiger partial charge on any atom is 0.390 e. The molecule has 0 bridgehead atoms. The van der Waals surface area contributed by atoms with E-state index in [9.17, 15) is 13.2 Å². The van der Waals surface area contributed by atoms with E-state index in [-0.39, 0.29) is 36.1 Å². The summed E-state index contributed by atoms with van der Waals surface area (Å²) < 4.78 is 42.3. The largest absolute Gasteiger partial charge is 0.390 e. The van der Waals surface area contributed by atoms with E-state index in [1.165, 1.54) is 19.3 Å². The number of ether oxygens (including phenoxy) is 1. The fraction of sp³-hybridized carbons (Fsp3) is 0.938. The molecule has 0 spiro atoms. The van der Waals surface area contributed by atoms with Crippen LogP contribution in [0.2, 0.25) is 0 Å². The summed E-state index contributed by atoms with van der Waals surface area (Å²) in [5, 5.41) is 6.01. The molecule has 0 aromatic carbocycles. The van der Waals surface area contributed by atoms with E-state index in [0.717, 1.165) is 39.1 Å². The molecule has 1 aliphatic heterocycles. The first kappa shape index (κ1) is 22.8. The molecule has 1 heterocycles. The van der Waals surface area contributed by atoms with Gasteiger partial charge in [0.15, 0.2) is 5.96 Å². The molecule has 0 unspecified atom stereocenters. The number of halogens is 4. The van der Waals surface area contributed by atoms with Gasteiger partial charge in [0.2, 0.25) is 0 Å². The average Bonchev–Trinajstić information content (AvgIpc) is 2.58. The molecule has 0 radical (unpaired) electrons. The Balaban J connectivity index is 0.00000312. The molecule has 1 saturated carbocycles. The molecular formula is C16H30F3IN4O. The molecule has 2 rings (SSSR count). The number of alkyl halides is 3. The third kappa shape index (κ3) is 7.46. The molecular weight excluding hydrogens is 448 g/mol. The third-order valence-corrected chi connectivity index (χ3v) is 4.98. The average molecular weight is 478 g/mol. The Morgan fingerprint density at radius 2 is 1.76 bits per heavy atom. The zero-order valence-corrected chi connectivity index (χ0v) is 17.2. The molecule has 2 N–H and O–H groups in total. The van der Waals surface area contributed by atoms with Crippen LogP contribution in [0.15, 0.2) is 4.99 Å². The van der Waals surface area contributed by atoms with Gasteiger partial charge in [0.25, 0.3) is 0 Å². The SMILES string of the molecule is CN=C(NCCC(F)(F)F)NCC1(N2CCOCC2)CCCCC1.I. The van der Waals surface area contributed by atoms with Gasteiger partial charge >= 0.3 is 6.18 Å². The lowest BCUT2D eigenvalue weighted by atomic mass is 9.80. The second-order valence-electron chi connectivity index (χ2n) is 6.60. The number of nitrogens with one attached hydrogen (secondary N) is 2. The lowest BCUT2D eigenvalue weighted by Gasteiger charge is -2.48. The highest BCUT2D eigenvalue weighted by Crippen LogP contribution is 2.33. The molecule has 2 fully saturated rings. The van der Waals surface area contributed by atoms with Crippen molar-refractivity contribution in [3.63, 3.8) is 0 Å². The summed E-state index contributed by atoms with van der Waals surface area (Å²) in [6.45, 7) is 3.89. The van der Waals surface area contributed by atoms with Crippen LogP contribution in [0.25, 0.3) is 0 Å². The molecule has 2 aliphatic rings. The Hall–Kier alpha value is -0.290. The number of guanidine groups is 1. The molecule has 5 nitrogen and oxygen atoms in total. The lowest BCUT2D eigenvalue weighted by Crippen LogP contribution is -2.60. The van der Waals surface area contributed by atoms with Gasteiger partial charge in [-0.2, -0.15) is 13.2 Å². The molecule has 0 aromatic heterocycles. The highest BCUT2D eigenvalue weighted by Gasteiger charge is 2.38. The topological polar surface area (TPSA) is 48.9 Å². The van der Waals surface area contributed by atoms with Crippen molar-refractivity contribution >= 4 is 29.9 Å². The molecule has 1 saturated heterocycles. The lowest BCUT2D eigenvalue weighted by molar-refractivity contribution is -0.132. The summed E-state index contributed by atoms with van der Waals surface area (Å²) in [6, 6.07) is 0. The monoisotopic (exact) mass is 478 g/mol. The first-order valence-corrected chi connectivity index (χ1v) is 8.79. The van der Waals surface area contributed by atoms with E-state index in [1.807, 2.05) is 0 Å². The van der Waals surface area contributed by atoms with Crippen molar-refractivity contribution in [1.29, 1.82) is 0 Å². The zero-order chi connectivity index (χ0) is 17.5. The summed E-state index contributed by atoms with van der Waals surface area (Å²) in [4.78, 5) is 6.54. The summed E-state index contributed by atoms with van der Waals surface area (Å²) in [5.41, 5.74) is 0.0592. The quantitative estimate of drug-likeness (QED) is 0.363. The maximum absolute atomic E-state index is 12.3. The van der Waals surface area contributed by atoms with Gasteiger partial charge in [-0.05, 0) is 12.8 Å². The standard InChI is InChI=1S/C16H29F3N4O.HI/c1-20-14(21-8-7-16(17,18)19)22-13-15(5-3-2-4-6-15)23-9-11-24-12-10-23;/h2-13H2,1H3,(H2,20,21,22);1H. The summed E-state index contributed by atoms with van der Waals surface area (Å²) in [7, 11) is 1.59. The van der Waals surface area contributed by atoms with Crippen molar-refractivity contribution in [3.8, 4) is 0 Å². The van der Waals surface area contributed by atoms with E-state index in [2.05, 4.69) is 20.5 Å². The third-order valence-electron chi connectivity index (χ3n) is 4.98. The maximum atomic E-state index is 12.3. The first-order chi connectivity index (χ1) is 11.5. The van der Waals surface area contributed by atoms with Gasteiger partial charge in [0, 0.05) is 38.8 Å². The van der Waals surface area contributed by atoms with Gasteiger partial charge < -0.3 is 15.4 Å².